The van der Waals surface area contributed by atoms with E-state index in [9.17, 15) is 13.2 Å². The van der Waals surface area contributed by atoms with Gasteiger partial charge in [-0.05, 0) is 75.4 Å². The molecule has 1 aromatic rings. The van der Waals surface area contributed by atoms with Gasteiger partial charge in [0.05, 0.1) is 4.90 Å². The van der Waals surface area contributed by atoms with Crippen molar-refractivity contribution in [2.45, 2.75) is 63.3 Å². The molecule has 1 aliphatic heterocycles. The van der Waals surface area contributed by atoms with E-state index in [1.54, 1.807) is 25.1 Å². The number of piperidine rings is 1. The Hall–Kier alpha value is -1.44. The van der Waals surface area contributed by atoms with Gasteiger partial charge >= 0.3 is 0 Å². The minimum Gasteiger partial charge on any atom is -0.326 e. The van der Waals surface area contributed by atoms with E-state index in [2.05, 4.69) is 14.9 Å². The summed E-state index contributed by atoms with van der Waals surface area (Å²) in [7, 11) is -3.54. The standard InChI is InChI=1S/C20H31N3O3S/c1-15-13-18(22-16(2)24)7-8-20(15)27(25,26)21-14-17-9-11-23(12-10-17)19-5-3-4-6-19/h7-8,13,17,19,21H,3-6,9-12,14H2,1-2H3,(H,22,24). The average molecular weight is 394 g/mol. The third-order valence-electron chi connectivity index (χ3n) is 5.84. The van der Waals surface area contributed by atoms with Gasteiger partial charge in [0.25, 0.3) is 0 Å². The average Bonchev–Trinajstić information content (AvgIpc) is 3.14. The van der Waals surface area contributed by atoms with Crippen LogP contribution in [0.15, 0.2) is 23.1 Å². The van der Waals surface area contributed by atoms with Crippen LogP contribution >= 0.6 is 0 Å². The van der Waals surface area contributed by atoms with Crippen LogP contribution in [0, 0.1) is 12.8 Å². The summed E-state index contributed by atoms with van der Waals surface area (Å²) in [5, 5.41) is 2.68. The third-order valence-corrected chi connectivity index (χ3v) is 7.42. The normalized spacial score (nSPS) is 20.1. The number of hydrogen-bond donors (Lipinski definition) is 2. The lowest BCUT2D eigenvalue weighted by atomic mass is 9.96. The van der Waals surface area contributed by atoms with E-state index in [1.165, 1.54) is 32.6 Å². The Bertz CT molecular complexity index is 765. The molecule has 150 valence electrons. The molecule has 0 spiro atoms. The Kier molecular flexibility index (Phi) is 6.55. The number of sulfonamides is 1. The molecule has 2 N–H and O–H groups in total. The molecule has 3 rings (SSSR count). The first kappa shape index (κ1) is 20.3. The number of rotatable bonds is 6. The molecule has 6 nitrogen and oxygen atoms in total. The van der Waals surface area contributed by atoms with Crippen molar-refractivity contribution in [3.05, 3.63) is 23.8 Å². The second-order valence-corrected chi connectivity index (χ2v) is 9.67. The van der Waals surface area contributed by atoms with Crippen molar-refractivity contribution in [1.29, 1.82) is 0 Å². The molecule has 2 aliphatic rings. The predicted octanol–water partition coefficient (Wildman–Crippen LogP) is 2.89. The first-order valence-corrected chi connectivity index (χ1v) is 11.5. The molecule has 1 saturated carbocycles. The van der Waals surface area contributed by atoms with Crippen molar-refractivity contribution >= 4 is 21.6 Å². The molecule has 1 saturated heterocycles. The molecule has 1 amide bonds. The zero-order valence-electron chi connectivity index (χ0n) is 16.3. The summed E-state index contributed by atoms with van der Waals surface area (Å²) in [6.45, 7) is 5.84. The van der Waals surface area contributed by atoms with E-state index in [1.807, 2.05) is 0 Å². The topological polar surface area (TPSA) is 78.5 Å². The van der Waals surface area contributed by atoms with Gasteiger partial charge in [-0.2, -0.15) is 0 Å². The first-order valence-electron chi connectivity index (χ1n) is 9.97. The van der Waals surface area contributed by atoms with Crippen molar-refractivity contribution in [2.75, 3.05) is 25.0 Å². The van der Waals surface area contributed by atoms with E-state index >= 15 is 0 Å². The summed E-state index contributed by atoms with van der Waals surface area (Å²) >= 11 is 0. The van der Waals surface area contributed by atoms with Crippen LogP contribution in [0.3, 0.4) is 0 Å². The number of hydrogen-bond acceptors (Lipinski definition) is 4. The highest BCUT2D eigenvalue weighted by Gasteiger charge is 2.28. The number of benzene rings is 1. The van der Waals surface area contributed by atoms with Crippen LogP contribution in [0.4, 0.5) is 5.69 Å². The SMILES string of the molecule is CC(=O)Nc1ccc(S(=O)(=O)NCC2CCN(C3CCCC3)CC2)c(C)c1. The summed E-state index contributed by atoms with van der Waals surface area (Å²) < 4.78 is 28.2. The number of anilines is 1. The van der Waals surface area contributed by atoms with E-state index in [-0.39, 0.29) is 10.8 Å². The number of carbonyl (C=O) groups excluding carboxylic acids is 1. The molecule has 0 aromatic heterocycles. The molecule has 0 atom stereocenters. The highest BCUT2D eigenvalue weighted by atomic mass is 32.2. The summed E-state index contributed by atoms with van der Waals surface area (Å²) in [5.41, 5.74) is 1.24. The number of amides is 1. The Labute approximate surface area is 162 Å². The van der Waals surface area contributed by atoms with E-state index in [0.717, 1.165) is 32.0 Å². The lowest BCUT2D eigenvalue weighted by molar-refractivity contribution is -0.114. The fourth-order valence-electron chi connectivity index (χ4n) is 4.33. The number of likely N-dealkylation sites (tertiary alicyclic amines) is 1. The fourth-order valence-corrected chi connectivity index (χ4v) is 5.67. The molecule has 0 unspecified atom stereocenters. The number of nitrogens with zero attached hydrogens (tertiary/aromatic N) is 1. The largest absolute Gasteiger partial charge is 0.326 e. The second kappa shape index (κ2) is 8.71. The monoisotopic (exact) mass is 393 g/mol. The number of nitrogens with one attached hydrogen (secondary N) is 2. The van der Waals surface area contributed by atoms with Gasteiger partial charge in [-0.1, -0.05) is 12.8 Å². The first-order chi connectivity index (χ1) is 12.8. The molecule has 0 radical (unpaired) electrons. The summed E-state index contributed by atoms with van der Waals surface area (Å²) in [6, 6.07) is 5.64. The lowest BCUT2D eigenvalue weighted by Gasteiger charge is -2.36. The Morgan fingerprint density at radius 3 is 2.41 bits per heavy atom. The molecule has 7 heteroatoms. The molecule has 2 fully saturated rings. The minimum absolute atomic E-state index is 0.174. The van der Waals surface area contributed by atoms with Gasteiger partial charge < -0.3 is 10.2 Å². The van der Waals surface area contributed by atoms with Crippen LogP contribution in [0.25, 0.3) is 0 Å². The fraction of sp³-hybridized carbons (Fsp3) is 0.650. The number of carbonyl (C=O) groups is 1. The van der Waals surface area contributed by atoms with Crippen molar-refractivity contribution in [2.24, 2.45) is 5.92 Å². The van der Waals surface area contributed by atoms with Gasteiger partial charge in [0.15, 0.2) is 0 Å². The quantitative estimate of drug-likeness (QED) is 0.779. The maximum atomic E-state index is 12.7. The minimum atomic E-state index is -3.54. The predicted molar refractivity (Wildman–Crippen MR) is 107 cm³/mol. The van der Waals surface area contributed by atoms with Crippen molar-refractivity contribution in [1.82, 2.24) is 9.62 Å². The highest BCUT2D eigenvalue weighted by Crippen LogP contribution is 2.28. The smallest absolute Gasteiger partial charge is 0.240 e. The van der Waals surface area contributed by atoms with Crippen LogP contribution < -0.4 is 10.0 Å². The third kappa shape index (κ3) is 5.30. The molecule has 1 aromatic carbocycles. The van der Waals surface area contributed by atoms with Crippen molar-refractivity contribution < 1.29 is 13.2 Å². The second-order valence-electron chi connectivity index (χ2n) is 7.93. The summed E-state index contributed by atoms with van der Waals surface area (Å²) in [5.74, 6) is 0.225. The van der Waals surface area contributed by atoms with Crippen LogP contribution in [-0.4, -0.2) is 44.9 Å². The Balaban J connectivity index is 1.53. The van der Waals surface area contributed by atoms with E-state index < -0.39 is 10.0 Å². The summed E-state index contributed by atoms with van der Waals surface area (Å²) in [4.78, 5) is 14.0. The van der Waals surface area contributed by atoms with E-state index in [4.69, 9.17) is 0 Å². The van der Waals surface area contributed by atoms with Gasteiger partial charge in [-0.3, -0.25) is 4.79 Å². The van der Waals surface area contributed by atoms with Crippen LogP contribution in [0.2, 0.25) is 0 Å². The molecular formula is C20H31N3O3S. The van der Waals surface area contributed by atoms with Gasteiger partial charge in [-0.15, -0.1) is 0 Å². The van der Waals surface area contributed by atoms with Crippen molar-refractivity contribution in [3.63, 3.8) is 0 Å². The molecule has 0 bridgehead atoms. The zero-order valence-corrected chi connectivity index (χ0v) is 17.1. The lowest BCUT2D eigenvalue weighted by Crippen LogP contribution is -2.42. The highest BCUT2D eigenvalue weighted by molar-refractivity contribution is 7.89. The van der Waals surface area contributed by atoms with Crippen LogP contribution in [0.5, 0.6) is 0 Å². The van der Waals surface area contributed by atoms with Gasteiger partial charge in [0.1, 0.15) is 0 Å². The van der Waals surface area contributed by atoms with Crippen LogP contribution in [-0.2, 0) is 14.8 Å². The Morgan fingerprint density at radius 1 is 1.15 bits per heavy atom. The maximum absolute atomic E-state index is 12.7. The van der Waals surface area contributed by atoms with Crippen molar-refractivity contribution in [3.8, 4) is 0 Å². The van der Waals surface area contributed by atoms with Gasteiger partial charge in [-0.25, -0.2) is 13.1 Å². The Morgan fingerprint density at radius 2 is 1.81 bits per heavy atom. The molecule has 1 heterocycles. The van der Waals surface area contributed by atoms with Gasteiger partial charge in [0, 0.05) is 25.2 Å². The zero-order chi connectivity index (χ0) is 19.4. The van der Waals surface area contributed by atoms with E-state index in [0.29, 0.717) is 23.7 Å². The number of aryl methyl sites for hydroxylation is 1. The summed E-state index contributed by atoms with van der Waals surface area (Å²) in [6.07, 6.45) is 7.46. The molecular weight excluding hydrogens is 362 g/mol. The maximum Gasteiger partial charge on any atom is 0.240 e. The molecule has 1 aliphatic carbocycles. The van der Waals surface area contributed by atoms with Gasteiger partial charge in [0.2, 0.25) is 15.9 Å². The molecule has 27 heavy (non-hydrogen) atoms. The van der Waals surface area contributed by atoms with Crippen LogP contribution in [0.1, 0.15) is 51.0 Å².